The lowest BCUT2D eigenvalue weighted by Crippen LogP contribution is -2.22. The number of ether oxygens (including phenoxy) is 1. The topological polar surface area (TPSA) is 34.1 Å². The minimum atomic E-state index is -0.00796. The smallest absolute Gasteiger partial charge is 0.214 e. The third-order valence-electron chi connectivity index (χ3n) is 3.27. The summed E-state index contributed by atoms with van der Waals surface area (Å²) < 4.78 is 5.99. The second kappa shape index (κ2) is 7.23. The molecular weight excluding hydrogens is 260 g/mol. The molecule has 2 aromatic rings. The van der Waals surface area contributed by atoms with Gasteiger partial charge in [-0.05, 0) is 31.0 Å². The Bertz CT molecular complexity index is 567. The molecule has 0 aliphatic carbocycles. The van der Waals surface area contributed by atoms with Crippen LogP contribution in [0.4, 0.5) is 0 Å². The van der Waals surface area contributed by atoms with Gasteiger partial charge < -0.3 is 10.1 Å². The summed E-state index contributed by atoms with van der Waals surface area (Å²) in [5.74, 6) is 0.687. The van der Waals surface area contributed by atoms with Crippen LogP contribution in [-0.2, 0) is 6.54 Å². The number of rotatable bonds is 6. The molecule has 3 nitrogen and oxygen atoms in total. The molecule has 1 heterocycles. The van der Waals surface area contributed by atoms with Gasteiger partial charge in [0.05, 0.1) is 0 Å². The number of pyridine rings is 1. The second-order valence-electron chi connectivity index (χ2n) is 5.66. The molecule has 0 aliphatic rings. The number of aryl methyl sites for hydroxylation is 1. The number of hydrogen-bond acceptors (Lipinski definition) is 3. The molecule has 0 radical (unpaired) electrons. The van der Waals surface area contributed by atoms with Crippen molar-refractivity contribution in [1.29, 1.82) is 0 Å². The van der Waals surface area contributed by atoms with E-state index in [1.807, 2.05) is 38.1 Å². The van der Waals surface area contributed by atoms with Crippen LogP contribution in [0, 0.1) is 6.92 Å². The van der Waals surface area contributed by atoms with Crippen molar-refractivity contribution in [2.45, 2.75) is 46.4 Å². The summed E-state index contributed by atoms with van der Waals surface area (Å²) in [7, 11) is 0. The van der Waals surface area contributed by atoms with Gasteiger partial charge in [-0.1, -0.05) is 44.2 Å². The standard InChI is InChI=1S/C18H24N2O/c1-13(2)19-12-16-10-14(3)20-18(11-16)21-15(4)17-8-6-5-7-9-17/h5-11,13,15,19H,12H2,1-4H3. The maximum Gasteiger partial charge on any atom is 0.214 e. The lowest BCUT2D eigenvalue weighted by molar-refractivity contribution is 0.217. The molecule has 3 heteroatoms. The molecule has 0 saturated carbocycles. The van der Waals surface area contributed by atoms with E-state index >= 15 is 0 Å². The van der Waals surface area contributed by atoms with Crippen LogP contribution >= 0.6 is 0 Å². The number of nitrogens with one attached hydrogen (secondary N) is 1. The van der Waals surface area contributed by atoms with Gasteiger partial charge in [0.2, 0.25) is 5.88 Å². The molecule has 0 aliphatic heterocycles. The molecule has 1 atom stereocenters. The van der Waals surface area contributed by atoms with E-state index in [2.05, 4.69) is 42.3 Å². The summed E-state index contributed by atoms with van der Waals surface area (Å²) in [5.41, 5.74) is 3.34. The predicted molar refractivity (Wildman–Crippen MR) is 86.4 cm³/mol. The highest BCUT2D eigenvalue weighted by molar-refractivity contribution is 5.26. The van der Waals surface area contributed by atoms with E-state index in [-0.39, 0.29) is 6.10 Å². The van der Waals surface area contributed by atoms with Crippen molar-refractivity contribution in [3.63, 3.8) is 0 Å². The first-order chi connectivity index (χ1) is 10.0. The Labute approximate surface area is 127 Å². The van der Waals surface area contributed by atoms with Crippen LogP contribution in [0.15, 0.2) is 42.5 Å². The molecule has 0 fully saturated rings. The molecule has 21 heavy (non-hydrogen) atoms. The third kappa shape index (κ3) is 4.87. The molecule has 112 valence electrons. The predicted octanol–water partition coefficient (Wildman–Crippen LogP) is 4.03. The first kappa shape index (κ1) is 15.5. The van der Waals surface area contributed by atoms with Crippen molar-refractivity contribution in [1.82, 2.24) is 10.3 Å². The normalized spacial score (nSPS) is 12.4. The zero-order chi connectivity index (χ0) is 15.2. The zero-order valence-corrected chi connectivity index (χ0v) is 13.3. The molecule has 1 aromatic carbocycles. The van der Waals surface area contributed by atoms with Gasteiger partial charge in [0, 0.05) is 24.3 Å². The fourth-order valence-electron chi connectivity index (χ4n) is 2.16. The monoisotopic (exact) mass is 284 g/mol. The van der Waals surface area contributed by atoms with Gasteiger partial charge in [-0.3, -0.25) is 0 Å². The largest absolute Gasteiger partial charge is 0.470 e. The molecule has 2 rings (SSSR count). The molecule has 0 bridgehead atoms. The maximum atomic E-state index is 5.99. The van der Waals surface area contributed by atoms with E-state index in [1.54, 1.807) is 0 Å². The van der Waals surface area contributed by atoms with Gasteiger partial charge in [-0.2, -0.15) is 0 Å². The van der Waals surface area contributed by atoms with E-state index in [4.69, 9.17) is 4.74 Å². The average molecular weight is 284 g/mol. The van der Waals surface area contributed by atoms with E-state index in [0.29, 0.717) is 11.9 Å². The number of nitrogens with zero attached hydrogens (tertiary/aromatic N) is 1. The fraction of sp³-hybridized carbons (Fsp3) is 0.389. The number of benzene rings is 1. The Hall–Kier alpha value is -1.87. The van der Waals surface area contributed by atoms with E-state index < -0.39 is 0 Å². The van der Waals surface area contributed by atoms with Gasteiger partial charge in [0.15, 0.2) is 0 Å². The minimum absolute atomic E-state index is 0.00796. The Morgan fingerprint density at radius 1 is 1.10 bits per heavy atom. The Morgan fingerprint density at radius 3 is 2.48 bits per heavy atom. The second-order valence-corrected chi connectivity index (χ2v) is 5.66. The lowest BCUT2D eigenvalue weighted by atomic mass is 10.1. The highest BCUT2D eigenvalue weighted by atomic mass is 16.5. The Balaban J connectivity index is 2.09. The highest BCUT2D eigenvalue weighted by Gasteiger charge is 2.09. The van der Waals surface area contributed by atoms with Crippen LogP contribution in [0.2, 0.25) is 0 Å². The number of hydrogen-bond donors (Lipinski definition) is 1. The fourth-order valence-corrected chi connectivity index (χ4v) is 2.16. The molecule has 0 amide bonds. The van der Waals surface area contributed by atoms with Crippen molar-refractivity contribution >= 4 is 0 Å². The van der Waals surface area contributed by atoms with Crippen LogP contribution in [0.5, 0.6) is 5.88 Å². The Kier molecular flexibility index (Phi) is 5.34. The molecule has 1 N–H and O–H groups in total. The summed E-state index contributed by atoms with van der Waals surface area (Å²) in [6, 6.07) is 14.8. The van der Waals surface area contributed by atoms with Crippen LogP contribution in [0.3, 0.4) is 0 Å². The van der Waals surface area contributed by atoms with E-state index in [0.717, 1.165) is 17.8 Å². The maximum absolute atomic E-state index is 5.99. The van der Waals surface area contributed by atoms with E-state index in [1.165, 1.54) is 5.56 Å². The summed E-state index contributed by atoms with van der Waals surface area (Å²) in [4.78, 5) is 4.48. The SMILES string of the molecule is Cc1cc(CNC(C)C)cc(OC(C)c2ccccc2)n1. The minimum Gasteiger partial charge on any atom is -0.470 e. The summed E-state index contributed by atoms with van der Waals surface area (Å²) in [6.07, 6.45) is -0.00796. The van der Waals surface area contributed by atoms with Crippen molar-refractivity contribution in [2.75, 3.05) is 0 Å². The average Bonchev–Trinajstić information content (AvgIpc) is 2.45. The molecule has 1 unspecified atom stereocenters. The molecule has 1 aromatic heterocycles. The van der Waals surface area contributed by atoms with Crippen molar-refractivity contribution in [3.8, 4) is 5.88 Å². The van der Waals surface area contributed by atoms with Crippen molar-refractivity contribution in [3.05, 3.63) is 59.3 Å². The van der Waals surface area contributed by atoms with Crippen molar-refractivity contribution in [2.24, 2.45) is 0 Å². The molecule has 0 saturated heterocycles. The van der Waals surface area contributed by atoms with Gasteiger partial charge >= 0.3 is 0 Å². The van der Waals surface area contributed by atoms with Crippen LogP contribution in [0.1, 0.15) is 43.7 Å². The van der Waals surface area contributed by atoms with Crippen LogP contribution < -0.4 is 10.1 Å². The number of aromatic nitrogens is 1. The van der Waals surface area contributed by atoms with Crippen LogP contribution in [-0.4, -0.2) is 11.0 Å². The van der Waals surface area contributed by atoms with Gasteiger partial charge in [0.1, 0.15) is 6.10 Å². The zero-order valence-electron chi connectivity index (χ0n) is 13.3. The van der Waals surface area contributed by atoms with Gasteiger partial charge in [0.25, 0.3) is 0 Å². The summed E-state index contributed by atoms with van der Waals surface area (Å²) in [5, 5.41) is 3.42. The summed E-state index contributed by atoms with van der Waals surface area (Å²) in [6.45, 7) is 9.16. The van der Waals surface area contributed by atoms with Gasteiger partial charge in [-0.15, -0.1) is 0 Å². The first-order valence-electron chi connectivity index (χ1n) is 7.47. The quantitative estimate of drug-likeness (QED) is 0.869. The van der Waals surface area contributed by atoms with Gasteiger partial charge in [-0.25, -0.2) is 4.98 Å². The molecule has 0 spiro atoms. The highest BCUT2D eigenvalue weighted by Crippen LogP contribution is 2.21. The summed E-state index contributed by atoms with van der Waals surface area (Å²) >= 11 is 0. The first-order valence-corrected chi connectivity index (χ1v) is 7.47. The lowest BCUT2D eigenvalue weighted by Gasteiger charge is -2.16. The van der Waals surface area contributed by atoms with Crippen LogP contribution in [0.25, 0.3) is 0 Å². The van der Waals surface area contributed by atoms with Crippen molar-refractivity contribution < 1.29 is 4.74 Å². The third-order valence-corrected chi connectivity index (χ3v) is 3.27. The Morgan fingerprint density at radius 2 is 1.81 bits per heavy atom. The van der Waals surface area contributed by atoms with E-state index in [9.17, 15) is 0 Å². The molecular formula is C18H24N2O.